The summed E-state index contributed by atoms with van der Waals surface area (Å²) in [5, 5.41) is 4.66. The van der Waals surface area contributed by atoms with Crippen LogP contribution in [-0.4, -0.2) is 43.9 Å². The van der Waals surface area contributed by atoms with Gasteiger partial charge in [-0.3, -0.25) is 0 Å². The quantitative estimate of drug-likeness (QED) is 0.699. The molecule has 2 aromatic carbocycles. The van der Waals surface area contributed by atoms with Crippen molar-refractivity contribution in [2.75, 3.05) is 26.2 Å². The lowest BCUT2D eigenvalue weighted by Gasteiger charge is -2.21. The number of ether oxygens (including phenoxy) is 1. The van der Waals surface area contributed by atoms with Crippen LogP contribution >= 0.6 is 0 Å². The molecule has 0 radical (unpaired) electrons. The van der Waals surface area contributed by atoms with Gasteiger partial charge in [0, 0.05) is 36.6 Å². The van der Waals surface area contributed by atoms with E-state index in [0.717, 1.165) is 29.5 Å². The molecule has 0 saturated carbocycles. The molecule has 1 N–H and O–H groups in total. The first kappa shape index (κ1) is 19.8. The van der Waals surface area contributed by atoms with Gasteiger partial charge >= 0.3 is 0 Å². The maximum atomic E-state index is 13.4. The molecule has 0 bridgehead atoms. The van der Waals surface area contributed by atoms with E-state index in [1.807, 2.05) is 43.3 Å². The Hall–Kier alpha value is -2.48. The minimum absolute atomic E-state index is 0.321. The Morgan fingerprint density at radius 2 is 1.90 bits per heavy atom. The zero-order chi connectivity index (χ0) is 20.3. The van der Waals surface area contributed by atoms with Gasteiger partial charge in [-0.25, -0.2) is 13.4 Å². The van der Waals surface area contributed by atoms with E-state index in [1.165, 1.54) is 0 Å². The lowest BCUT2D eigenvalue weighted by molar-refractivity contribution is 0.298. The SMILES string of the molecule is Cc1cnc(OCc2ccccc2)c2cccc(S(=O)(=O)N3CCCNCC3)c12. The van der Waals surface area contributed by atoms with Crippen molar-refractivity contribution in [1.82, 2.24) is 14.6 Å². The van der Waals surface area contributed by atoms with Crippen LogP contribution in [0.15, 0.2) is 59.6 Å². The zero-order valence-electron chi connectivity index (χ0n) is 16.5. The minimum atomic E-state index is -3.61. The number of aromatic nitrogens is 1. The van der Waals surface area contributed by atoms with Crippen molar-refractivity contribution in [3.63, 3.8) is 0 Å². The van der Waals surface area contributed by atoms with E-state index in [9.17, 15) is 8.42 Å². The fourth-order valence-electron chi connectivity index (χ4n) is 3.66. The first-order valence-corrected chi connectivity index (χ1v) is 11.3. The fourth-order valence-corrected chi connectivity index (χ4v) is 5.42. The molecule has 1 fully saturated rings. The monoisotopic (exact) mass is 411 g/mol. The molecule has 4 rings (SSSR count). The number of pyridine rings is 1. The molecule has 0 atom stereocenters. The number of nitrogens with one attached hydrogen (secondary N) is 1. The number of hydrogen-bond acceptors (Lipinski definition) is 5. The third-order valence-electron chi connectivity index (χ3n) is 5.16. The molecule has 6 nitrogen and oxygen atoms in total. The zero-order valence-corrected chi connectivity index (χ0v) is 17.3. The summed E-state index contributed by atoms with van der Waals surface area (Å²) in [7, 11) is -3.61. The van der Waals surface area contributed by atoms with Crippen LogP contribution in [0, 0.1) is 6.92 Å². The van der Waals surface area contributed by atoms with Crippen LogP contribution in [0.5, 0.6) is 5.88 Å². The first-order chi connectivity index (χ1) is 14.1. The van der Waals surface area contributed by atoms with Crippen molar-refractivity contribution >= 4 is 20.8 Å². The Morgan fingerprint density at radius 3 is 2.72 bits per heavy atom. The van der Waals surface area contributed by atoms with Gasteiger partial charge < -0.3 is 10.1 Å². The van der Waals surface area contributed by atoms with E-state index in [1.54, 1.807) is 22.6 Å². The van der Waals surface area contributed by atoms with Gasteiger partial charge in [-0.1, -0.05) is 36.4 Å². The number of sulfonamides is 1. The smallest absolute Gasteiger partial charge is 0.243 e. The second kappa shape index (κ2) is 8.49. The van der Waals surface area contributed by atoms with Crippen LogP contribution in [0.2, 0.25) is 0 Å². The summed E-state index contributed by atoms with van der Waals surface area (Å²) in [4.78, 5) is 4.75. The topological polar surface area (TPSA) is 71.5 Å². The average molecular weight is 412 g/mol. The van der Waals surface area contributed by atoms with Gasteiger partial charge in [-0.2, -0.15) is 4.31 Å². The number of rotatable bonds is 5. The third kappa shape index (κ3) is 4.12. The standard InChI is InChI=1S/C22H25N3O3S/c1-17-15-24-22(28-16-18-7-3-2-4-8-18)19-9-5-10-20(21(17)19)29(26,27)25-13-6-11-23-12-14-25/h2-5,7-10,15,23H,6,11-14,16H2,1H3. The normalized spacial score (nSPS) is 15.9. The van der Waals surface area contributed by atoms with Crippen molar-refractivity contribution in [3.8, 4) is 5.88 Å². The van der Waals surface area contributed by atoms with E-state index in [0.29, 0.717) is 42.4 Å². The van der Waals surface area contributed by atoms with Crippen LogP contribution in [0.1, 0.15) is 17.5 Å². The number of benzene rings is 2. The fraction of sp³-hybridized carbons (Fsp3) is 0.318. The van der Waals surface area contributed by atoms with Crippen molar-refractivity contribution in [2.45, 2.75) is 24.8 Å². The highest BCUT2D eigenvalue weighted by molar-refractivity contribution is 7.89. The van der Waals surface area contributed by atoms with Crippen molar-refractivity contribution in [3.05, 3.63) is 65.9 Å². The molecule has 152 valence electrons. The number of fused-ring (bicyclic) bond motifs is 1. The predicted molar refractivity (Wildman–Crippen MR) is 113 cm³/mol. The molecule has 1 aliphatic rings. The largest absolute Gasteiger partial charge is 0.472 e. The summed E-state index contributed by atoms with van der Waals surface area (Å²) in [5.74, 6) is 0.448. The Labute approximate surface area is 171 Å². The van der Waals surface area contributed by atoms with E-state index in [2.05, 4.69) is 10.3 Å². The molecule has 3 aromatic rings. The molecular formula is C22H25N3O3S. The number of aryl methyl sites for hydroxylation is 1. The van der Waals surface area contributed by atoms with Crippen LogP contribution in [-0.2, 0) is 16.6 Å². The third-order valence-corrected chi connectivity index (χ3v) is 7.10. The van der Waals surface area contributed by atoms with Gasteiger partial charge in [-0.15, -0.1) is 0 Å². The lowest BCUT2D eigenvalue weighted by Crippen LogP contribution is -2.34. The molecule has 0 amide bonds. The summed E-state index contributed by atoms with van der Waals surface area (Å²) < 4.78 is 34.4. The molecule has 1 saturated heterocycles. The maximum absolute atomic E-state index is 13.4. The Morgan fingerprint density at radius 1 is 1.07 bits per heavy atom. The molecule has 7 heteroatoms. The van der Waals surface area contributed by atoms with Crippen LogP contribution < -0.4 is 10.1 Å². The maximum Gasteiger partial charge on any atom is 0.243 e. The molecule has 29 heavy (non-hydrogen) atoms. The molecule has 1 aromatic heterocycles. The first-order valence-electron chi connectivity index (χ1n) is 9.83. The van der Waals surface area contributed by atoms with Gasteiger partial charge in [0.05, 0.1) is 4.90 Å². The van der Waals surface area contributed by atoms with E-state index < -0.39 is 10.0 Å². The Kier molecular flexibility index (Phi) is 5.80. The highest BCUT2D eigenvalue weighted by Crippen LogP contribution is 2.33. The van der Waals surface area contributed by atoms with Crippen LogP contribution in [0.25, 0.3) is 10.8 Å². The molecule has 2 heterocycles. The predicted octanol–water partition coefficient (Wildman–Crippen LogP) is 3.11. The molecular weight excluding hydrogens is 386 g/mol. The average Bonchev–Trinajstić information content (AvgIpc) is 3.04. The Bertz CT molecular complexity index is 1090. The molecule has 1 aliphatic heterocycles. The van der Waals surface area contributed by atoms with Gasteiger partial charge in [0.15, 0.2) is 0 Å². The van der Waals surface area contributed by atoms with Crippen molar-refractivity contribution in [1.29, 1.82) is 0 Å². The van der Waals surface area contributed by atoms with Gasteiger partial charge in [-0.05, 0) is 43.1 Å². The molecule has 0 spiro atoms. The van der Waals surface area contributed by atoms with Crippen molar-refractivity contribution in [2.24, 2.45) is 0 Å². The number of nitrogens with zero attached hydrogens (tertiary/aromatic N) is 2. The van der Waals surface area contributed by atoms with Crippen LogP contribution in [0.3, 0.4) is 0 Å². The highest BCUT2D eigenvalue weighted by Gasteiger charge is 2.28. The highest BCUT2D eigenvalue weighted by atomic mass is 32.2. The second-order valence-electron chi connectivity index (χ2n) is 7.21. The van der Waals surface area contributed by atoms with Crippen molar-refractivity contribution < 1.29 is 13.2 Å². The summed E-state index contributed by atoms with van der Waals surface area (Å²) >= 11 is 0. The van der Waals surface area contributed by atoms with Crippen LogP contribution in [0.4, 0.5) is 0 Å². The second-order valence-corrected chi connectivity index (χ2v) is 9.11. The summed E-state index contributed by atoms with van der Waals surface area (Å²) in [5.41, 5.74) is 1.85. The Balaban J connectivity index is 1.74. The minimum Gasteiger partial charge on any atom is -0.472 e. The van der Waals surface area contributed by atoms with E-state index in [-0.39, 0.29) is 0 Å². The summed E-state index contributed by atoms with van der Waals surface area (Å²) in [6, 6.07) is 15.2. The van der Waals surface area contributed by atoms with Gasteiger partial charge in [0.1, 0.15) is 6.61 Å². The number of hydrogen-bond donors (Lipinski definition) is 1. The lowest BCUT2D eigenvalue weighted by atomic mass is 10.1. The van der Waals surface area contributed by atoms with E-state index >= 15 is 0 Å². The summed E-state index contributed by atoms with van der Waals surface area (Å²) in [6.45, 7) is 4.76. The molecule has 0 aliphatic carbocycles. The summed E-state index contributed by atoms with van der Waals surface area (Å²) in [6.07, 6.45) is 2.49. The van der Waals surface area contributed by atoms with Gasteiger partial charge in [0.2, 0.25) is 15.9 Å². The van der Waals surface area contributed by atoms with E-state index in [4.69, 9.17) is 4.74 Å². The molecule has 0 unspecified atom stereocenters. The van der Waals surface area contributed by atoms with Gasteiger partial charge in [0.25, 0.3) is 0 Å².